The molecule has 1 aliphatic rings. The first-order valence-corrected chi connectivity index (χ1v) is 8.45. The van der Waals surface area contributed by atoms with Crippen LogP contribution in [-0.2, 0) is 19.4 Å². The summed E-state index contributed by atoms with van der Waals surface area (Å²) >= 11 is 0. The van der Waals surface area contributed by atoms with Crippen LogP contribution in [0.2, 0.25) is 0 Å². The van der Waals surface area contributed by atoms with Crippen LogP contribution in [0.3, 0.4) is 0 Å². The van der Waals surface area contributed by atoms with Crippen molar-refractivity contribution in [2.75, 3.05) is 6.61 Å². The van der Waals surface area contributed by atoms with Gasteiger partial charge in [0.1, 0.15) is 5.82 Å². The monoisotopic (exact) mass is 299 g/mol. The zero-order valence-electron chi connectivity index (χ0n) is 13.1. The molecule has 1 aromatic carbocycles. The summed E-state index contributed by atoms with van der Waals surface area (Å²) in [6.07, 6.45) is 8.07. The standard InChI is InChI=1S/C18H25N3O/c22-14-13-21-17(12-6-9-15-7-2-1-3-8-15)19-18(20-21)16-10-4-5-11-16/h1-3,7-8,16,22H,4-6,9-14H2. The van der Waals surface area contributed by atoms with Gasteiger partial charge in [0.2, 0.25) is 0 Å². The van der Waals surface area contributed by atoms with Crippen LogP contribution >= 0.6 is 0 Å². The largest absolute Gasteiger partial charge is 0.394 e. The number of hydrogen-bond donors (Lipinski definition) is 1. The van der Waals surface area contributed by atoms with Crippen LogP contribution in [0.15, 0.2) is 30.3 Å². The van der Waals surface area contributed by atoms with Crippen LogP contribution in [0.4, 0.5) is 0 Å². The van der Waals surface area contributed by atoms with Crippen molar-refractivity contribution in [3.8, 4) is 0 Å². The minimum atomic E-state index is 0.124. The Morgan fingerprint density at radius 2 is 1.86 bits per heavy atom. The molecule has 0 saturated heterocycles. The van der Waals surface area contributed by atoms with E-state index in [2.05, 4.69) is 35.4 Å². The number of aliphatic hydroxyl groups excluding tert-OH is 1. The molecule has 4 nitrogen and oxygen atoms in total. The van der Waals surface area contributed by atoms with Gasteiger partial charge >= 0.3 is 0 Å². The van der Waals surface area contributed by atoms with E-state index < -0.39 is 0 Å². The van der Waals surface area contributed by atoms with Crippen LogP contribution in [0.1, 0.15) is 55.2 Å². The highest BCUT2D eigenvalue weighted by molar-refractivity contribution is 5.14. The summed E-state index contributed by atoms with van der Waals surface area (Å²) in [5.74, 6) is 2.57. The molecule has 2 aromatic rings. The summed E-state index contributed by atoms with van der Waals surface area (Å²) in [6, 6.07) is 10.6. The molecule has 118 valence electrons. The van der Waals surface area contributed by atoms with E-state index >= 15 is 0 Å². The maximum atomic E-state index is 9.23. The molecule has 3 rings (SSSR count). The Morgan fingerprint density at radius 3 is 2.59 bits per heavy atom. The van der Waals surface area contributed by atoms with Gasteiger partial charge in [-0.2, -0.15) is 5.10 Å². The molecule has 0 aliphatic heterocycles. The van der Waals surface area contributed by atoms with Crippen LogP contribution < -0.4 is 0 Å². The number of nitrogens with zero attached hydrogens (tertiary/aromatic N) is 3. The normalized spacial score (nSPS) is 15.5. The third kappa shape index (κ3) is 3.74. The fraction of sp³-hybridized carbons (Fsp3) is 0.556. The fourth-order valence-electron chi connectivity index (χ4n) is 3.30. The van der Waals surface area contributed by atoms with Crippen LogP contribution in [-0.4, -0.2) is 26.5 Å². The topological polar surface area (TPSA) is 50.9 Å². The maximum absolute atomic E-state index is 9.23. The van der Waals surface area contributed by atoms with Gasteiger partial charge in [0.05, 0.1) is 13.2 Å². The first kappa shape index (κ1) is 15.2. The molecule has 1 fully saturated rings. The van der Waals surface area contributed by atoms with Crippen LogP contribution in [0.5, 0.6) is 0 Å². The summed E-state index contributed by atoms with van der Waals surface area (Å²) in [4.78, 5) is 4.78. The summed E-state index contributed by atoms with van der Waals surface area (Å²) in [5.41, 5.74) is 1.37. The molecule has 22 heavy (non-hydrogen) atoms. The van der Waals surface area contributed by atoms with Crippen LogP contribution in [0.25, 0.3) is 0 Å². The van der Waals surface area contributed by atoms with Gasteiger partial charge in [-0.3, -0.25) is 0 Å². The lowest BCUT2D eigenvalue weighted by molar-refractivity contribution is 0.266. The van der Waals surface area contributed by atoms with Gasteiger partial charge in [-0.1, -0.05) is 43.2 Å². The van der Waals surface area contributed by atoms with Gasteiger partial charge in [0.25, 0.3) is 0 Å². The van der Waals surface area contributed by atoms with Gasteiger partial charge < -0.3 is 5.11 Å². The average Bonchev–Trinajstić information content (AvgIpc) is 3.19. The van der Waals surface area contributed by atoms with E-state index in [1.165, 1.54) is 31.2 Å². The second-order valence-electron chi connectivity index (χ2n) is 6.15. The van der Waals surface area contributed by atoms with E-state index in [1.54, 1.807) is 0 Å². The first-order valence-electron chi connectivity index (χ1n) is 8.45. The van der Waals surface area contributed by atoms with Crippen molar-refractivity contribution < 1.29 is 5.11 Å². The zero-order valence-corrected chi connectivity index (χ0v) is 13.1. The SMILES string of the molecule is OCCn1nc(C2CCCC2)nc1CCCc1ccccc1. The smallest absolute Gasteiger partial charge is 0.154 e. The Balaban J connectivity index is 1.63. The summed E-state index contributed by atoms with van der Waals surface area (Å²) in [6.45, 7) is 0.680. The second-order valence-corrected chi connectivity index (χ2v) is 6.15. The zero-order chi connectivity index (χ0) is 15.2. The lowest BCUT2D eigenvalue weighted by Gasteiger charge is -2.04. The minimum Gasteiger partial charge on any atom is -0.394 e. The summed E-state index contributed by atoms with van der Waals surface area (Å²) in [5, 5.41) is 13.9. The molecule has 1 heterocycles. The van der Waals surface area contributed by atoms with Gasteiger partial charge in [-0.25, -0.2) is 9.67 Å². The molecule has 0 radical (unpaired) electrons. The van der Waals surface area contributed by atoms with Crippen molar-refractivity contribution in [1.82, 2.24) is 14.8 Å². The van der Waals surface area contributed by atoms with E-state index in [0.29, 0.717) is 12.5 Å². The molecule has 1 aromatic heterocycles. The fourth-order valence-corrected chi connectivity index (χ4v) is 3.30. The quantitative estimate of drug-likeness (QED) is 0.854. The first-order chi connectivity index (χ1) is 10.9. The van der Waals surface area contributed by atoms with E-state index in [-0.39, 0.29) is 6.61 Å². The Morgan fingerprint density at radius 1 is 1.09 bits per heavy atom. The third-order valence-electron chi connectivity index (χ3n) is 4.51. The van der Waals surface area contributed by atoms with Gasteiger partial charge in [0, 0.05) is 12.3 Å². The van der Waals surface area contributed by atoms with E-state index in [0.717, 1.165) is 30.9 Å². The lowest BCUT2D eigenvalue weighted by Crippen LogP contribution is -2.09. The predicted molar refractivity (Wildman–Crippen MR) is 86.8 cm³/mol. The lowest BCUT2D eigenvalue weighted by atomic mass is 10.1. The number of aryl methyl sites for hydroxylation is 2. The van der Waals surface area contributed by atoms with E-state index in [9.17, 15) is 5.11 Å². The Hall–Kier alpha value is -1.68. The minimum absolute atomic E-state index is 0.124. The summed E-state index contributed by atoms with van der Waals surface area (Å²) < 4.78 is 1.92. The van der Waals surface area contributed by atoms with Crippen molar-refractivity contribution in [1.29, 1.82) is 0 Å². The van der Waals surface area contributed by atoms with Crippen molar-refractivity contribution in [3.63, 3.8) is 0 Å². The number of hydrogen-bond acceptors (Lipinski definition) is 3. The molecule has 0 atom stereocenters. The highest BCUT2D eigenvalue weighted by Crippen LogP contribution is 2.32. The highest BCUT2D eigenvalue weighted by atomic mass is 16.3. The highest BCUT2D eigenvalue weighted by Gasteiger charge is 2.22. The van der Waals surface area contributed by atoms with E-state index in [1.807, 2.05) is 4.68 Å². The van der Waals surface area contributed by atoms with E-state index in [4.69, 9.17) is 4.98 Å². The third-order valence-corrected chi connectivity index (χ3v) is 4.51. The molecule has 0 bridgehead atoms. The maximum Gasteiger partial charge on any atom is 0.154 e. The molecular weight excluding hydrogens is 274 g/mol. The molecular formula is C18H25N3O. The van der Waals surface area contributed by atoms with Gasteiger partial charge in [-0.05, 0) is 31.2 Å². The van der Waals surface area contributed by atoms with Gasteiger partial charge in [-0.15, -0.1) is 0 Å². The van der Waals surface area contributed by atoms with Crippen molar-refractivity contribution >= 4 is 0 Å². The predicted octanol–water partition coefficient (Wildman–Crippen LogP) is 3.10. The van der Waals surface area contributed by atoms with Crippen molar-refractivity contribution in [2.24, 2.45) is 0 Å². The van der Waals surface area contributed by atoms with Gasteiger partial charge in [0.15, 0.2) is 5.82 Å². The molecule has 4 heteroatoms. The molecule has 1 saturated carbocycles. The number of rotatable bonds is 7. The number of aliphatic hydroxyl groups is 1. The molecule has 0 amide bonds. The van der Waals surface area contributed by atoms with Crippen molar-refractivity contribution in [3.05, 3.63) is 47.5 Å². The Labute approximate surface area is 132 Å². The molecule has 0 unspecified atom stereocenters. The number of aromatic nitrogens is 3. The Bertz CT molecular complexity index is 573. The molecule has 0 spiro atoms. The summed E-state index contributed by atoms with van der Waals surface area (Å²) in [7, 11) is 0. The Kier molecular flexibility index (Phi) is 5.22. The molecule has 1 aliphatic carbocycles. The van der Waals surface area contributed by atoms with Crippen LogP contribution in [0, 0.1) is 0 Å². The molecule has 1 N–H and O–H groups in total. The second kappa shape index (κ2) is 7.54. The number of benzene rings is 1. The average molecular weight is 299 g/mol. The van der Waals surface area contributed by atoms with Crippen molar-refractivity contribution in [2.45, 2.75) is 57.4 Å².